The summed E-state index contributed by atoms with van der Waals surface area (Å²) in [5.74, 6) is -2.07. The van der Waals surface area contributed by atoms with Crippen molar-refractivity contribution < 1.29 is 18.7 Å². The van der Waals surface area contributed by atoms with Crippen LogP contribution in [0.15, 0.2) is 0 Å². The minimum absolute atomic E-state index is 1.37. The highest BCUT2D eigenvalue weighted by atomic mass is 19.3. The molecule has 92 valence electrons. The number of hydrogen-bond donors (Lipinski definition) is 1. The molecule has 0 aliphatic rings. The van der Waals surface area contributed by atoms with Gasteiger partial charge in [-0.1, -0.05) is 58.8 Å². The quantitative estimate of drug-likeness (QED) is 0.661. The molecule has 0 aromatic rings. The van der Waals surface area contributed by atoms with E-state index in [4.69, 9.17) is 9.90 Å². The van der Waals surface area contributed by atoms with Gasteiger partial charge in [0.2, 0.25) is 0 Å². The first-order valence-electron chi connectivity index (χ1n) is 5.57. The van der Waals surface area contributed by atoms with E-state index in [9.17, 15) is 8.78 Å². The summed E-state index contributed by atoms with van der Waals surface area (Å²) in [6.45, 7) is 4.53. The van der Waals surface area contributed by atoms with Crippen LogP contribution in [0.5, 0.6) is 0 Å². The lowest BCUT2D eigenvalue weighted by molar-refractivity contribution is -0.149. The smallest absolute Gasteiger partial charge is 0.371 e. The van der Waals surface area contributed by atoms with Gasteiger partial charge in [-0.15, -0.1) is 0 Å². The molecule has 0 fully saturated rings. The Bertz CT molecular complexity index is 133. The van der Waals surface area contributed by atoms with Crippen molar-refractivity contribution in [1.82, 2.24) is 0 Å². The van der Waals surface area contributed by atoms with E-state index in [1.165, 1.54) is 44.9 Å². The number of carboxylic acid groups (broad SMARTS) is 1. The summed E-state index contributed by atoms with van der Waals surface area (Å²) in [6, 6.07) is 0. The lowest BCUT2D eigenvalue weighted by Crippen LogP contribution is -2.06. The highest BCUT2D eigenvalue weighted by Crippen LogP contribution is 2.05. The van der Waals surface area contributed by atoms with Crippen molar-refractivity contribution in [3.63, 3.8) is 0 Å². The van der Waals surface area contributed by atoms with Gasteiger partial charge in [0, 0.05) is 0 Å². The van der Waals surface area contributed by atoms with Crippen LogP contribution in [0.1, 0.15) is 58.8 Å². The molecule has 2 nitrogen and oxygen atoms in total. The van der Waals surface area contributed by atoms with Crippen molar-refractivity contribution in [2.45, 2.75) is 65.2 Å². The minimum Gasteiger partial charge on any atom is -0.477 e. The fraction of sp³-hybridized carbons (Fsp3) is 0.909. The molecule has 0 aliphatic heterocycles. The van der Waals surface area contributed by atoms with Crippen LogP contribution in [0.4, 0.5) is 8.78 Å². The van der Waals surface area contributed by atoms with E-state index < -0.39 is 12.4 Å². The topological polar surface area (TPSA) is 37.3 Å². The number of rotatable bonds is 7. The molecular weight excluding hydrogens is 202 g/mol. The summed E-state index contributed by atoms with van der Waals surface area (Å²) in [5.41, 5.74) is 0. The number of halogens is 2. The van der Waals surface area contributed by atoms with Gasteiger partial charge in [-0.3, -0.25) is 0 Å². The van der Waals surface area contributed by atoms with Gasteiger partial charge in [0.1, 0.15) is 0 Å². The van der Waals surface area contributed by atoms with E-state index in [2.05, 4.69) is 13.8 Å². The summed E-state index contributed by atoms with van der Waals surface area (Å²) in [5, 5.41) is 7.24. The summed E-state index contributed by atoms with van der Waals surface area (Å²) in [4.78, 5) is 8.95. The van der Waals surface area contributed by atoms with Crippen molar-refractivity contribution in [2.24, 2.45) is 0 Å². The second-order valence-corrected chi connectivity index (χ2v) is 3.41. The summed E-state index contributed by atoms with van der Waals surface area (Å²) in [7, 11) is 0. The van der Waals surface area contributed by atoms with Crippen molar-refractivity contribution in [2.75, 3.05) is 0 Å². The second kappa shape index (κ2) is 13.3. The monoisotopic (exact) mass is 224 g/mol. The number of carbonyl (C=O) groups is 1. The van der Waals surface area contributed by atoms with Gasteiger partial charge in [-0.2, -0.15) is 8.78 Å². The third-order valence-corrected chi connectivity index (χ3v) is 1.89. The molecule has 0 amide bonds. The van der Waals surface area contributed by atoms with Crippen LogP contribution in [0, 0.1) is 0 Å². The maximum Gasteiger partial charge on any atom is 0.371 e. The third-order valence-electron chi connectivity index (χ3n) is 1.89. The Hall–Kier alpha value is -0.670. The standard InChI is InChI=1S/C9H20.C2H2F2O2/c1-3-5-7-9-8-6-4-2;3-1(4)2(5)6/h3-9H2,1-2H3;1H,(H,5,6). The zero-order valence-electron chi connectivity index (χ0n) is 9.64. The largest absolute Gasteiger partial charge is 0.477 e. The van der Waals surface area contributed by atoms with Crippen LogP contribution in [-0.4, -0.2) is 17.5 Å². The van der Waals surface area contributed by atoms with E-state index >= 15 is 0 Å². The summed E-state index contributed by atoms with van der Waals surface area (Å²) < 4.78 is 21.1. The zero-order valence-corrected chi connectivity index (χ0v) is 9.64. The molecule has 0 atom stereocenters. The Labute approximate surface area is 90.7 Å². The molecule has 0 aliphatic carbocycles. The molecule has 0 saturated heterocycles. The van der Waals surface area contributed by atoms with Crippen LogP contribution in [-0.2, 0) is 4.79 Å². The predicted molar refractivity (Wildman–Crippen MR) is 57.3 cm³/mol. The summed E-state index contributed by atoms with van der Waals surface area (Å²) >= 11 is 0. The average Bonchev–Trinajstić information content (AvgIpc) is 2.18. The van der Waals surface area contributed by atoms with Gasteiger partial charge in [0.05, 0.1) is 0 Å². The molecule has 0 spiro atoms. The van der Waals surface area contributed by atoms with E-state index in [-0.39, 0.29) is 0 Å². The van der Waals surface area contributed by atoms with Gasteiger partial charge >= 0.3 is 12.4 Å². The van der Waals surface area contributed by atoms with Gasteiger partial charge in [-0.25, -0.2) is 4.79 Å². The van der Waals surface area contributed by atoms with Crippen molar-refractivity contribution in [1.29, 1.82) is 0 Å². The molecular formula is C11H22F2O2. The van der Waals surface area contributed by atoms with E-state index in [1.54, 1.807) is 0 Å². The molecule has 4 heteroatoms. The van der Waals surface area contributed by atoms with Crippen LogP contribution in [0.2, 0.25) is 0 Å². The molecule has 0 aromatic carbocycles. The minimum atomic E-state index is -3.23. The Morgan fingerprint density at radius 1 is 1.00 bits per heavy atom. The molecule has 0 saturated carbocycles. The van der Waals surface area contributed by atoms with Crippen molar-refractivity contribution in [3.8, 4) is 0 Å². The van der Waals surface area contributed by atoms with Gasteiger partial charge in [-0.05, 0) is 0 Å². The highest BCUT2D eigenvalue weighted by Gasteiger charge is 2.10. The molecule has 0 bridgehead atoms. The third kappa shape index (κ3) is 19.7. The average molecular weight is 224 g/mol. The number of hydrogen-bond acceptors (Lipinski definition) is 1. The molecule has 15 heavy (non-hydrogen) atoms. The fourth-order valence-electron chi connectivity index (χ4n) is 1.03. The predicted octanol–water partition coefficient (Wildman–Crippen LogP) is 4.09. The number of aliphatic carboxylic acids is 1. The van der Waals surface area contributed by atoms with Crippen LogP contribution in [0.25, 0.3) is 0 Å². The van der Waals surface area contributed by atoms with E-state index in [1.807, 2.05) is 0 Å². The molecule has 0 heterocycles. The van der Waals surface area contributed by atoms with Crippen molar-refractivity contribution >= 4 is 5.97 Å². The number of alkyl halides is 2. The Morgan fingerprint density at radius 2 is 1.27 bits per heavy atom. The maximum absolute atomic E-state index is 10.6. The van der Waals surface area contributed by atoms with E-state index in [0.29, 0.717) is 0 Å². The molecule has 1 N–H and O–H groups in total. The lowest BCUT2D eigenvalue weighted by atomic mass is 10.1. The first-order valence-corrected chi connectivity index (χ1v) is 5.57. The molecule has 0 aromatic heterocycles. The number of unbranched alkanes of at least 4 members (excludes halogenated alkanes) is 6. The van der Waals surface area contributed by atoms with E-state index in [0.717, 1.165) is 0 Å². The Morgan fingerprint density at radius 3 is 1.47 bits per heavy atom. The zero-order chi connectivity index (χ0) is 12.1. The fourth-order valence-corrected chi connectivity index (χ4v) is 1.03. The highest BCUT2D eigenvalue weighted by molar-refractivity contribution is 5.70. The lowest BCUT2D eigenvalue weighted by Gasteiger charge is -1.96. The van der Waals surface area contributed by atoms with Crippen LogP contribution in [0.3, 0.4) is 0 Å². The molecule has 0 radical (unpaired) electrons. The first kappa shape index (κ1) is 16.7. The van der Waals surface area contributed by atoms with Crippen LogP contribution < -0.4 is 0 Å². The normalized spacial score (nSPS) is 9.67. The van der Waals surface area contributed by atoms with Gasteiger partial charge in [0.25, 0.3) is 0 Å². The SMILES string of the molecule is CCCCCCCCC.O=C(O)C(F)F. The Balaban J connectivity index is 0. The molecule has 0 rings (SSSR count). The first-order chi connectivity index (χ1) is 7.06. The van der Waals surface area contributed by atoms with Gasteiger partial charge in [0.15, 0.2) is 0 Å². The van der Waals surface area contributed by atoms with Crippen molar-refractivity contribution in [3.05, 3.63) is 0 Å². The second-order valence-electron chi connectivity index (χ2n) is 3.41. The molecule has 0 unspecified atom stereocenters. The van der Waals surface area contributed by atoms with Crippen LogP contribution >= 0.6 is 0 Å². The Kier molecular flexibility index (Phi) is 14.9. The van der Waals surface area contributed by atoms with Gasteiger partial charge < -0.3 is 5.11 Å². The number of carboxylic acids is 1. The summed E-state index contributed by atoms with van der Waals surface area (Å²) in [6.07, 6.45) is 6.74. The maximum atomic E-state index is 10.6.